The van der Waals surface area contributed by atoms with Crippen LogP contribution in [0.25, 0.3) is 0 Å². The highest BCUT2D eigenvalue weighted by Crippen LogP contribution is 2.24. The minimum atomic E-state index is -3.58. The molecule has 25 heavy (non-hydrogen) atoms. The van der Waals surface area contributed by atoms with Crippen LogP contribution in [0.4, 0.5) is 11.4 Å². The zero-order chi connectivity index (χ0) is 18.6. The van der Waals surface area contributed by atoms with Crippen molar-refractivity contribution in [1.82, 2.24) is 0 Å². The molecular formula is C17H18N2O5S. The molecule has 0 aliphatic rings. The van der Waals surface area contributed by atoms with Crippen LogP contribution in [-0.2, 0) is 9.84 Å². The molecule has 0 heterocycles. The van der Waals surface area contributed by atoms with Gasteiger partial charge in [-0.05, 0) is 31.5 Å². The first-order chi connectivity index (χ1) is 11.8. The second-order valence-corrected chi connectivity index (χ2v) is 7.61. The maximum Gasteiger partial charge on any atom is 0.274 e. The van der Waals surface area contributed by atoms with Gasteiger partial charge in [-0.25, -0.2) is 8.42 Å². The van der Waals surface area contributed by atoms with E-state index in [1.165, 1.54) is 30.3 Å². The lowest BCUT2D eigenvalue weighted by Crippen LogP contribution is -2.17. The van der Waals surface area contributed by atoms with Gasteiger partial charge in [0, 0.05) is 17.3 Å². The van der Waals surface area contributed by atoms with Crippen molar-refractivity contribution in [2.45, 2.75) is 25.2 Å². The first-order valence-corrected chi connectivity index (χ1v) is 9.29. The highest BCUT2D eigenvalue weighted by Gasteiger charge is 2.22. The van der Waals surface area contributed by atoms with E-state index in [1.807, 2.05) is 0 Å². The van der Waals surface area contributed by atoms with Gasteiger partial charge in [0.25, 0.3) is 11.6 Å². The summed E-state index contributed by atoms with van der Waals surface area (Å²) in [6.07, 6.45) is 0.433. The number of sulfone groups is 1. The number of nitrogens with zero attached hydrogens (tertiary/aromatic N) is 1. The van der Waals surface area contributed by atoms with Crippen LogP contribution in [0.15, 0.2) is 47.4 Å². The van der Waals surface area contributed by atoms with E-state index < -0.39 is 20.7 Å². The van der Waals surface area contributed by atoms with Gasteiger partial charge in [-0.15, -0.1) is 0 Å². The molecule has 1 amide bonds. The van der Waals surface area contributed by atoms with Gasteiger partial charge >= 0.3 is 0 Å². The van der Waals surface area contributed by atoms with Gasteiger partial charge in [-0.1, -0.05) is 25.1 Å². The molecule has 0 saturated heterocycles. The minimum Gasteiger partial charge on any atom is -0.322 e. The Morgan fingerprint density at radius 3 is 2.52 bits per heavy atom. The van der Waals surface area contributed by atoms with E-state index in [-0.39, 0.29) is 27.6 Å². The Kier molecular flexibility index (Phi) is 5.53. The molecule has 8 heteroatoms. The molecule has 1 N–H and O–H groups in total. The average Bonchev–Trinajstić information content (AvgIpc) is 2.56. The van der Waals surface area contributed by atoms with Crippen molar-refractivity contribution in [2.24, 2.45) is 0 Å². The summed E-state index contributed by atoms with van der Waals surface area (Å²) in [5.74, 6) is -0.693. The largest absolute Gasteiger partial charge is 0.322 e. The summed E-state index contributed by atoms with van der Waals surface area (Å²) in [4.78, 5) is 22.9. The number of benzene rings is 2. The molecule has 0 aromatic heterocycles. The first-order valence-electron chi connectivity index (χ1n) is 7.64. The maximum absolute atomic E-state index is 12.5. The quantitative estimate of drug-likeness (QED) is 0.626. The third kappa shape index (κ3) is 4.21. The second-order valence-electron chi connectivity index (χ2n) is 5.53. The molecule has 0 spiro atoms. The van der Waals surface area contributed by atoms with Gasteiger partial charge in [0.15, 0.2) is 9.84 Å². The van der Waals surface area contributed by atoms with E-state index in [0.29, 0.717) is 12.0 Å². The lowest BCUT2D eigenvalue weighted by Gasteiger charge is -2.11. The minimum absolute atomic E-state index is 0.0131. The van der Waals surface area contributed by atoms with Crippen LogP contribution >= 0.6 is 0 Å². The molecule has 0 atom stereocenters. The van der Waals surface area contributed by atoms with E-state index in [4.69, 9.17) is 0 Å². The number of carbonyl (C=O) groups is 1. The summed E-state index contributed by atoms with van der Waals surface area (Å²) in [6, 6.07) is 10.2. The smallest absolute Gasteiger partial charge is 0.274 e. The number of rotatable bonds is 6. The fourth-order valence-electron chi connectivity index (χ4n) is 2.39. The van der Waals surface area contributed by atoms with Gasteiger partial charge in [0.2, 0.25) is 0 Å². The molecule has 0 bridgehead atoms. The molecule has 2 aromatic carbocycles. The van der Waals surface area contributed by atoms with Crippen molar-refractivity contribution in [3.05, 3.63) is 63.7 Å². The maximum atomic E-state index is 12.5. The van der Waals surface area contributed by atoms with Crippen molar-refractivity contribution < 1.29 is 18.1 Å². The van der Waals surface area contributed by atoms with Gasteiger partial charge < -0.3 is 5.32 Å². The molecular weight excluding hydrogens is 344 g/mol. The number of nitro benzene ring substituents is 1. The predicted molar refractivity (Wildman–Crippen MR) is 94.6 cm³/mol. The Labute approximate surface area is 145 Å². The lowest BCUT2D eigenvalue weighted by molar-refractivity contribution is -0.385. The van der Waals surface area contributed by atoms with Crippen LogP contribution in [-0.4, -0.2) is 25.0 Å². The van der Waals surface area contributed by atoms with Gasteiger partial charge in [-0.3, -0.25) is 14.9 Å². The second kappa shape index (κ2) is 7.43. The molecule has 2 rings (SSSR count). The fraction of sp³-hybridized carbons (Fsp3) is 0.235. The number of carbonyl (C=O) groups excluding carboxylic acids is 1. The Hall–Kier alpha value is -2.74. The summed E-state index contributed by atoms with van der Waals surface area (Å²) >= 11 is 0. The summed E-state index contributed by atoms with van der Waals surface area (Å²) in [5, 5.41) is 13.5. The molecule has 7 nitrogen and oxygen atoms in total. The highest BCUT2D eigenvalue weighted by molar-refractivity contribution is 7.91. The fourth-order valence-corrected chi connectivity index (χ4v) is 3.93. The number of anilines is 1. The van der Waals surface area contributed by atoms with Crippen LogP contribution in [0.5, 0.6) is 0 Å². The van der Waals surface area contributed by atoms with Gasteiger partial charge in [-0.2, -0.15) is 0 Å². The van der Waals surface area contributed by atoms with Crippen molar-refractivity contribution in [2.75, 3.05) is 11.1 Å². The molecule has 0 radical (unpaired) electrons. The number of hydrogen-bond donors (Lipinski definition) is 1. The molecule has 0 aliphatic heterocycles. The van der Waals surface area contributed by atoms with E-state index >= 15 is 0 Å². The van der Waals surface area contributed by atoms with Crippen LogP contribution in [0.1, 0.15) is 29.3 Å². The normalized spacial score (nSPS) is 11.1. The van der Waals surface area contributed by atoms with E-state index in [2.05, 4.69) is 5.32 Å². The Morgan fingerprint density at radius 1 is 1.20 bits per heavy atom. The zero-order valence-electron chi connectivity index (χ0n) is 13.9. The Bertz CT molecular complexity index is 922. The SMILES string of the molecule is CCCS(=O)(=O)c1ccccc1C(=O)Nc1ccc(C)c([N+](=O)[O-])c1. The van der Waals surface area contributed by atoms with E-state index in [0.717, 1.165) is 0 Å². The van der Waals surface area contributed by atoms with Crippen molar-refractivity contribution in [3.63, 3.8) is 0 Å². The summed E-state index contributed by atoms with van der Waals surface area (Å²) < 4.78 is 24.7. The number of nitrogens with one attached hydrogen (secondary N) is 1. The van der Waals surface area contributed by atoms with Crippen molar-refractivity contribution in [3.8, 4) is 0 Å². The monoisotopic (exact) mass is 362 g/mol. The molecule has 2 aromatic rings. The van der Waals surface area contributed by atoms with Crippen LogP contribution in [0, 0.1) is 17.0 Å². The Balaban J connectivity index is 2.37. The number of nitro groups is 1. The van der Waals surface area contributed by atoms with E-state index in [9.17, 15) is 23.3 Å². The highest BCUT2D eigenvalue weighted by atomic mass is 32.2. The average molecular weight is 362 g/mol. The third-order valence-electron chi connectivity index (χ3n) is 3.60. The zero-order valence-corrected chi connectivity index (χ0v) is 14.7. The molecule has 132 valence electrons. The summed E-state index contributed by atoms with van der Waals surface area (Å²) in [6.45, 7) is 3.34. The predicted octanol–water partition coefficient (Wildman–Crippen LogP) is 3.34. The Morgan fingerprint density at radius 2 is 1.88 bits per heavy atom. The summed E-state index contributed by atoms with van der Waals surface area (Å²) in [5.41, 5.74) is 0.586. The molecule has 0 aliphatic carbocycles. The standard InChI is InChI=1S/C17H18N2O5S/c1-3-10-25(23,24)16-7-5-4-6-14(16)17(20)18-13-9-8-12(2)15(11-13)19(21)22/h4-9,11H,3,10H2,1-2H3,(H,18,20). The lowest BCUT2D eigenvalue weighted by atomic mass is 10.1. The van der Waals surface area contributed by atoms with E-state index in [1.54, 1.807) is 26.0 Å². The molecule has 0 fully saturated rings. The number of amides is 1. The van der Waals surface area contributed by atoms with Crippen molar-refractivity contribution >= 4 is 27.1 Å². The summed E-state index contributed by atoms with van der Waals surface area (Å²) in [7, 11) is -3.58. The third-order valence-corrected chi connectivity index (χ3v) is 5.58. The van der Waals surface area contributed by atoms with Gasteiger partial charge in [0.1, 0.15) is 0 Å². The molecule has 0 unspecified atom stereocenters. The van der Waals surface area contributed by atoms with Crippen LogP contribution in [0.2, 0.25) is 0 Å². The number of hydrogen-bond acceptors (Lipinski definition) is 5. The van der Waals surface area contributed by atoms with Crippen LogP contribution < -0.4 is 5.32 Å². The van der Waals surface area contributed by atoms with Crippen LogP contribution in [0.3, 0.4) is 0 Å². The van der Waals surface area contributed by atoms with Crippen molar-refractivity contribution in [1.29, 1.82) is 0 Å². The first kappa shape index (κ1) is 18.6. The number of aryl methyl sites for hydroxylation is 1. The van der Waals surface area contributed by atoms with Gasteiger partial charge in [0.05, 0.1) is 21.1 Å². The topological polar surface area (TPSA) is 106 Å². The molecule has 0 saturated carbocycles.